The summed E-state index contributed by atoms with van der Waals surface area (Å²) < 4.78 is 10.9. The molecule has 2 fully saturated rings. The summed E-state index contributed by atoms with van der Waals surface area (Å²) >= 11 is 0. The first-order chi connectivity index (χ1) is 12.7. The lowest BCUT2D eigenvalue weighted by Crippen LogP contribution is -2.69. The van der Waals surface area contributed by atoms with Crippen molar-refractivity contribution < 1.29 is 14.3 Å². The second kappa shape index (κ2) is 7.26. The minimum absolute atomic E-state index is 0.0543. The maximum Gasteiger partial charge on any atom is 0.228 e. The predicted molar refractivity (Wildman–Crippen MR) is 104 cm³/mol. The van der Waals surface area contributed by atoms with Gasteiger partial charge in [0.15, 0.2) is 0 Å². The van der Waals surface area contributed by atoms with Crippen molar-refractivity contribution in [1.29, 1.82) is 0 Å². The summed E-state index contributed by atoms with van der Waals surface area (Å²) in [6.07, 6.45) is 4.23. The maximum atomic E-state index is 13.1. The molecule has 1 saturated heterocycles. The van der Waals surface area contributed by atoms with Crippen LogP contribution in [0.25, 0.3) is 0 Å². The van der Waals surface area contributed by atoms with Crippen molar-refractivity contribution >= 4 is 11.9 Å². The van der Waals surface area contributed by atoms with Crippen LogP contribution in [0.4, 0.5) is 5.95 Å². The van der Waals surface area contributed by atoms with Crippen molar-refractivity contribution in [3.05, 3.63) is 12.3 Å². The molecule has 2 atom stereocenters. The van der Waals surface area contributed by atoms with Crippen LogP contribution in [0.3, 0.4) is 0 Å². The number of nitrogens with zero attached hydrogens (tertiary/aromatic N) is 4. The fraction of sp³-hybridized carbons (Fsp3) is 0.750. The first-order valence-electron chi connectivity index (χ1n) is 9.67. The molecule has 1 aliphatic heterocycles. The van der Waals surface area contributed by atoms with E-state index < -0.39 is 0 Å². The Bertz CT molecular complexity index is 688. The third kappa shape index (κ3) is 3.37. The molecule has 0 radical (unpaired) electrons. The standard InChI is InChI=1S/C20H32N4O3/c1-19(2)15(13-20(19,3)27-6)23(4)17(25)14-8-11-24(12-9-14)18-21-10-7-16(22-18)26-5/h7,10,14-15H,8-9,11-13H2,1-6H3. The normalized spacial score (nSPS) is 27.8. The van der Waals surface area contributed by atoms with E-state index in [1.54, 1.807) is 26.5 Å². The molecule has 0 bridgehead atoms. The highest BCUT2D eigenvalue weighted by Crippen LogP contribution is 2.53. The number of carbonyl (C=O) groups is 1. The molecule has 2 aliphatic rings. The fourth-order valence-corrected chi connectivity index (χ4v) is 4.44. The van der Waals surface area contributed by atoms with Gasteiger partial charge in [-0.3, -0.25) is 4.79 Å². The summed E-state index contributed by atoms with van der Waals surface area (Å²) in [5, 5.41) is 0. The van der Waals surface area contributed by atoms with Crippen LogP contribution in [0.5, 0.6) is 5.88 Å². The summed E-state index contributed by atoms with van der Waals surface area (Å²) in [4.78, 5) is 25.9. The molecule has 1 saturated carbocycles. The minimum atomic E-state index is -0.167. The van der Waals surface area contributed by atoms with Gasteiger partial charge in [0.2, 0.25) is 17.7 Å². The Morgan fingerprint density at radius 2 is 1.93 bits per heavy atom. The van der Waals surface area contributed by atoms with E-state index in [0.717, 1.165) is 32.4 Å². The van der Waals surface area contributed by atoms with E-state index in [1.165, 1.54) is 0 Å². The van der Waals surface area contributed by atoms with Crippen molar-refractivity contribution in [2.45, 2.75) is 51.7 Å². The fourth-order valence-electron chi connectivity index (χ4n) is 4.44. The highest BCUT2D eigenvalue weighted by Gasteiger charge is 2.60. The van der Waals surface area contributed by atoms with E-state index in [9.17, 15) is 4.79 Å². The summed E-state index contributed by atoms with van der Waals surface area (Å²) in [7, 11) is 5.31. The van der Waals surface area contributed by atoms with Gasteiger partial charge < -0.3 is 19.3 Å². The largest absolute Gasteiger partial charge is 0.481 e. The second-order valence-corrected chi connectivity index (χ2v) is 8.49. The van der Waals surface area contributed by atoms with E-state index in [-0.39, 0.29) is 28.9 Å². The number of anilines is 1. The summed E-state index contributed by atoms with van der Waals surface area (Å²) in [5.74, 6) is 1.54. The zero-order chi connectivity index (χ0) is 19.8. The zero-order valence-electron chi connectivity index (χ0n) is 17.4. The number of aromatic nitrogens is 2. The van der Waals surface area contributed by atoms with E-state index in [0.29, 0.717) is 11.8 Å². The molecular weight excluding hydrogens is 344 g/mol. The van der Waals surface area contributed by atoms with Gasteiger partial charge in [0.1, 0.15) is 0 Å². The predicted octanol–water partition coefficient (Wildman–Crippen LogP) is 2.36. The van der Waals surface area contributed by atoms with Crippen LogP contribution < -0.4 is 9.64 Å². The lowest BCUT2D eigenvalue weighted by molar-refractivity contribution is -0.208. The average Bonchev–Trinajstić information content (AvgIpc) is 2.70. The molecule has 2 unspecified atom stereocenters. The lowest BCUT2D eigenvalue weighted by Gasteiger charge is -2.61. The molecule has 7 nitrogen and oxygen atoms in total. The number of piperidine rings is 1. The summed E-state index contributed by atoms with van der Waals surface area (Å²) in [5.41, 5.74) is -0.222. The number of amides is 1. The van der Waals surface area contributed by atoms with Crippen LogP contribution >= 0.6 is 0 Å². The number of hydrogen-bond donors (Lipinski definition) is 0. The van der Waals surface area contributed by atoms with Crippen molar-refractivity contribution in [2.24, 2.45) is 11.3 Å². The van der Waals surface area contributed by atoms with Crippen LogP contribution in [0.15, 0.2) is 12.3 Å². The van der Waals surface area contributed by atoms with E-state index >= 15 is 0 Å². The Morgan fingerprint density at radius 3 is 2.48 bits per heavy atom. The first kappa shape index (κ1) is 19.9. The van der Waals surface area contributed by atoms with Crippen molar-refractivity contribution in [1.82, 2.24) is 14.9 Å². The third-order valence-corrected chi connectivity index (χ3v) is 7.00. The van der Waals surface area contributed by atoms with Crippen molar-refractivity contribution in [2.75, 3.05) is 39.3 Å². The Kier molecular flexibility index (Phi) is 5.34. The van der Waals surface area contributed by atoms with E-state index in [2.05, 4.69) is 35.6 Å². The molecule has 1 aromatic rings. The number of carbonyl (C=O) groups excluding carboxylic acids is 1. The number of ether oxygens (including phenoxy) is 2. The van der Waals surface area contributed by atoms with Gasteiger partial charge in [0.05, 0.1) is 12.7 Å². The maximum absolute atomic E-state index is 13.1. The Balaban J connectivity index is 1.59. The molecule has 0 aromatic carbocycles. The molecule has 0 N–H and O–H groups in total. The minimum Gasteiger partial charge on any atom is -0.481 e. The molecular formula is C20H32N4O3. The molecule has 1 aromatic heterocycles. The van der Waals surface area contributed by atoms with Gasteiger partial charge in [0.25, 0.3) is 0 Å². The molecule has 7 heteroatoms. The van der Waals surface area contributed by atoms with Gasteiger partial charge in [-0.15, -0.1) is 0 Å². The Hall–Kier alpha value is -1.89. The van der Waals surface area contributed by atoms with E-state index in [1.807, 2.05) is 11.9 Å². The van der Waals surface area contributed by atoms with Crippen LogP contribution in [-0.2, 0) is 9.53 Å². The number of hydrogen-bond acceptors (Lipinski definition) is 6. The molecule has 27 heavy (non-hydrogen) atoms. The van der Waals surface area contributed by atoms with Crippen molar-refractivity contribution in [3.63, 3.8) is 0 Å². The van der Waals surface area contributed by atoms with E-state index in [4.69, 9.17) is 9.47 Å². The van der Waals surface area contributed by atoms with Gasteiger partial charge in [-0.1, -0.05) is 13.8 Å². The van der Waals surface area contributed by atoms with Gasteiger partial charge in [-0.2, -0.15) is 4.98 Å². The smallest absolute Gasteiger partial charge is 0.228 e. The molecule has 150 valence electrons. The zero-order valence-corrected chi connectivity index (χ0v) is 17.4. The molecule has 3 rings (SSSR count). The Labute approximate surface area is 162 Å². The van der Waals surface area contributed by atoms with Crippen molar-refractivity contribution in [3.8, 4) is 5.88 Å². The highest BCUT2D eigenvalue weighted by atomic mass is 16.5. The van der Waals surface area contributed by atoms with Gasteiger partial charge in [-0.05, 0) is 26.2 Å². The molecule has 1 amide bonds. The molecule has 0 spiro atoms. The lowest BCUT2D eigenvalue weighted by atomic mass is 9.55. The van der Waals surface area contributed by atoms with Gasteiger partial charge in [0, 0.05) is 56.9 Å². The number of rotatable bonds is 5. The highest BCUT2D eigenvalue weighted by molar-refractivity contribution is 5.79. The first-order valence-corrected chi connectivity index (χ1v) is 9.67. The third-order valence-electron chi connectivity index (χ3n) is 7.00. The van der Waals surface area contributed by atoms with Crippen LogP contribution in [0.1, 0.15) is 40.0 Å². The topological polar surface area (TPSA) is 67.8 Å². The Morgan fingerprint density at radius 1 is 1.26 bits per heavy atom. The summed E-state index contributed by atoms with van der Waals surface area (Å²) in [6.45, 7) is 8.07. The van der Waals surface area contributed by atoms with Gasteiger partial charge >= 0.3 is 0 Å². The monoisotopic (exact) mass is 376 g/mol. The second-order valence-electron chi connectivity index (χ2n) is 8.49. The quantitative estimate of drug-likeness (QED) is 0.786. The van der Waals surface area contributed by atoms with Crippen LogP contribution in [-0.4, -0.2) is 66.8 Å². The SMILES string of the molecule is COc1ccnc(N2CCC(C(=O)N(C)C3CC(C)(OC)C3(C)C)CC2)n1. The molecule has 1 aliphatic carbocycles. The summed E-state index contributed by atoms with van der Waals surface area (Å²) in [6, 6.07) is 1.96. The van der Waals surface area contributed by atoms with Gasteiger partial charge in [-0.25, -0.2) is 4.98 Å². The van der Waals surface area contributed by atoms with Crippen LogP contribution in [0, 0.1) is 11.3 Å². The molecule has 2 heterocycles. The average molecular weight is 377 g/mol. The number of methoxy groups -OCH3 is 2. The van der Waals surface area contributed by atoms with Crippen LogP contribution in [0.2, 0.25) is 0 Å².